The van der Waals surface area contributed by atoms with Crippen molar-refractivity contribution in [1.82, 2.24) is 0 Å². The zero-order valence-corrected chi connectivity index (χ0v) is 25.9. The predicted molar refractivity (Wildman–Crippen MR) is 158 cm³/mol. The lowest BCUT2D eigenvalue weighted by atomic mass is 9.71. The lowest BCUT2D eigenvalue weighted by molar-refractivity contribution is -0.178. The number of hydrogen-bond donors (Lipinski definition) is 0. The number of benzene rings is 2. The van der Waals surface area contributed by atoms with E-state index in [0.29, 0.717) is 18.4 Å². The molecular weight excluding hydrogens is 520 g/mol. The van der Waals surface area contributed by atoms with Gasteiger partial charge in [0.25, 0.3) is 8.32 Å². The van der Waals surface area contributed by atoms with Gasteiger partial charge in [-0.25, -0.2) is 0 Å². The van der Waals surface area contributed by atoms with Crippen molar-refractivity contribution in [1.29, 1.82) is 0 Å². The molecule has 0 radical (unpaired) electrons. The van der Waals surface area contributed by atoms with E-state index in [9.17, 15) is 4.79 Å². The van der Waals surface area contributed by atoms with E-state index in [2.05, 4.69) is 69.3 Å². The molecule has 2 aromatic rings. The third kappa shape index (κ3) is 4.57. The van der Waals surface area contributed by atoms with Crippen molar-refractivity contribution in [2.75, 3.05) is 14.2 Å². The van der Waals surface area contributed by atoms with E-state index >= 15 is 0 Å². The maximum Gasteiger partial charge on any atom is 0.261 e. The average Bonchev–Trinajstić information content (AvgIpc) is 3.14. The Bertz CT molecular complexity index is 1270. The van der Waals surface area contributed by atoms with E-state index in [0.717, 1.165) is 15.9 Å². The van der Waals surface area contributed by atoms with Gasteiger partial charge in [0, 0.05) is 38.2 Å². The van der Waals surface area contributed by atoms with Gasteiger partial charge in [-0.1, -0.05) is 81.4 Å². The maximum absolute atomic E-state index is 13.6. The Morgan fingerprint density at radius 3 is 1.93 bits per heavy atom. The number of ether oxygens (including phenoxy) is 4. The summed E-state index contributed by atoms with van der Waals surface area (Å²) in [4.78, 5) is 13.6. The zero-order valence-electron chi connectivity index (χ0n) is 24.9. The molecule has 2 aromatic carbocycles. The van der Waals surface area contributed by atoms with Crippen LogP contribution in [0, 0.1) is 0 Å². The van der Waals surface area contributed by atoms with E-state index < -0.39 is 31.6 Å². The Morgan fingerprint density at radius 1 is 0.925 bits per heavy atom. The number of carbonyl (C=O) groups excluding carboxylic acids is 1. The molecule has 214 valence electrons. The number of carbonyl (C=O) groups is 1. The maximum atomic E-state index is 13.6. The van der Waals surface area contributed by atoms with Gasteiger partial charge in [0.2, 0.25) is 5.79 Å². The summed E-state index contributed by atoms with van der Waals surface area (Å²) in [5.41, 5.74) is 0.601. The van der Waals surface area contributed by atoms with Gasteiger partial charge in [-0.05, 0) is 48.3 Å². The number of rotatable bonds is 6. The molecule has 0 saturated carbocycles. The van der Waals surface area contributed by atoms with Crippen molar-refractivity contribution in [3.8, 4) is 0 Å². The molecule has 1 aliphatic heterocycles. The van der Waals surface area contributed by atoms with Crippen molar-refractivity contribution in [3.05, 3.63) is 84.0 Å². The van der Waals surface area contributed by atoms with Crippen molar-refractivity contribution >= 4 is 24.5 Å². The molecule has 0 amide bonds. The molecule has 1 spiro atoms. The fourth-order valence-electron chi connectivity index (χ4n) is 7.07. The van der Waals surface area contributed by atoms with Gasteiger partial charge >= 0.3 is 0 Å². The Morgan fingerprint density at radius 2 is 1.48 bits per heavy atom. The molecule has 3 aliphatic rings. The summed E-state index contributed by atoms with van der Waals surface area (Å²) in [5, 5.41) is 2.05. The zero-order chi connectivity index (χ0) is 29.0. The normalized spacial score (nSPS) is 27.8. The second kappa shape index (κ2) is 10.2. The molecule has 1 saturated heterocycles. The monoisotopic (exact) mass is 562 g/mol. The number of allylic oxidation sites excluding steroid dienone is 1. The third-order valence-corrected chi connectivity index (χ3v) is 13.8. The molecule has 5 rings (SSSR count). The van der Waals surface area contributed by atoms with Crippen LogP contribution < -0.4 is 10.4 Å². The summed E-state index contributed by atoms with van der Waals surface area (Å²) in [5.74, 6) is -2.08. The largest absolute Gasteiger partial charge is 0.400 e. The summed E-state index contributed by atoms with van der Waals surface area (Å²) in [6, 6.07) is 21.0. The first-order chi connectivity index (χ1) is 18.8. The first kappa shape index (κ1) is 29.1. The first-order valence-electron chi connectivity index (χ1n) is 14.1. The topological polar surface area (TPSA) is 63.2 Å². The van der Waals surface area contributed by atoms with Crippen LogP contribution in [-0.4, -0.2) is 57.7 Å². The second-order valence-corrected chi connectivity index (χ2v) is 16.9. The molecule has 6 nitrogen and oxygen atoms in total. The highest BCUT2D eigenvalue weighted by Gasteiger charge is 2.61. The highest BCUT2D eigenvalue weighted by atomic mass is 28.4. The van der Waals surface area contributed by atoms with Gasteiger partial charge < -0.3 is 23.4 Å². The molecule has 0 bridgehead atoms. The standard InChI is InChI=1S/C33H42O6Si/c1-23-32(39-31(5,6)37-23)21-26-27(34)19-20-33(35-7,36-8)29(26)28(22-32)38-40(30(2,3)4,24-15-11-9-12-16-24)25-17-13-10-14-18-25/h9-20,23,28H,21-22H2,1-8H3/t23-,28-,32-/m0/s1. The molecule has 2 aliphatic carbocycles. The fourth-order valence-corrected chi connectivity index (χ4v) is 11.7. The molecule has 1 heterocycles. The second-order valence-electron chi connectivity index (χ2n) is 12.6. The van der Waals surface area contributed by atoms with Crippen molar-refractivity contribution < 1.29 is 28.2 Å². The quantitative estimate of drug-likeness (QED) is 0.362. The lowest BCUT2D eigenvalue weighted by Crippen LogP contribution is -2.69. The summed E-state index contributed by atoms with van der Waals surface area (Å²) in [6.45, 7) is 12.6. The lowest BCUT2D eigenvalue weighted by Gasteiger charge is -2.51. The van der Waals surface area contributed by atoms with Gasteiger partial charge in [-0.15, -0.1) is 0 Å². The fraction of sp³-hybridized carbons (Fsp3) is 0.485. The third-order valence-electron chi connectivity index (χ3n) is 8.77. The molecule has 0 unspecified atom stereocenters. The summed E-state index contributed by atoms with van der Waals surface area (Å²) >= 11 is 0. The molecule has 1 fully saturated rings. The van der Waals surface area contributed by atoms with Crippen LogP contribution in [0.25, 0.3) is 0 Å². The van der Waals surface area contributed by atoms with Crippen LogP contribution in [0.3, 0.4) is 0 Å². The van der Waals surface area contributed by atoms with Gasteiger partial charge in [0.05, 0.1) is 12.2 Å². The van der Waals surface area contributed by atoms with Gasteiger partial charge in [0.15, 0.2) is 11.6 Å². The van der Waals surface area contributed by atoms with Crippen molar-refractivity contribution in [3.63, 3.8) is 0 Å². The Hall–Kier alpha value is -2.39. The van der Waals surface area contributed by atoms with Crippen LogP contribution in [-0.2, 0) is 28.2 Å². The van der Waals surface area contributed by atoms with Crippen molar-refractivity contribution in [2.24, 2.45) is 0 Å². The number of ketones is 1. The molecule has 0 aromatic heterocycles. The van der Waals surface area contributed by atoms with Crippen LogP contribution in [0.2, 0.25) is 5.04 Å². The smallest absolute Gasteiger partial charge is 0.261 e. The minimum Gasteiger partial charge on any atom is -0.400 e. The van der Waals surface area contributed by atoms with Crippen molar-refractivity contribution in [2.45, 2.75) is 88.8 Å². The Balaban J connectivity index is 1.77. The van der Waals surface area contributed by atoms with Crippen LogP contribution >= 0.6 is 0 Å². The minimum absolute atomic E-state index is 0.0737. The summed E-state index contributed by atoms with van der Waals surface area (Å²) in [6.07, 6.45) is 3.37. The average molecular weight is 563 g/mol. The molecule has 3 atom stereocenters. The molecular formula is C33H42O6Si. The summed E-state index contributed by atoms with van der Waals surface area (Å²) < 4.78 is 32.8. The van der Waals surface area contributed by atoms with Gasteiger partial charge in [-0.3, -0.25) is 4.79 Å². The van der Waals surface area contributed by atoms with E-state index in [1.807, 2.05) is 32.9 Å². The van der Waals surface area contributed by atoms with Gasteiger partial charge in [-0.2, -0.15) is 0 Å². The highest BCUT2D eigenvalue weighted by Crippen LogP contribution is 2.53. The predicted octanol–water partition coefficient (Wildman–Crippen LogP) is 5.06. The number of methoxy groups -OCH3 is 2. The first-order valence-corrected chi connectivity index (χ1v) is 16.0. The van der Waals surface area contributed by atoms with Crippen LogP contribution in [0.4, 0.5) is 0 Å². The van der Waals surface area contributed by atoms with E-state index in [1.165, 1.54) is 0 Å². The SMILES string of the molecule is COC1(OC)C=CC(=O)C2=C1[C@@H](O[Si](c1ccccc1)(c1ccccc1)C(C)(C)C)C[C@]1(C2)OC(C)(C)O[C@H]1C. The highest BCUT2D eigenvalue weighted by molar-refractivity contribution is 6.99. The molecule has 0 N–H and O–H groups in total. The van der Waals surface area contributed by atoms with Gasteiger partial charge in [0.1, 0.15) is 5.60 Å². The van der Waals surface area contributed by atoms with E-state index in [4.69, 9.17) is 23.4 Å². The van der Waals surface area contributed by atoms with Crippen LogP contribution in [0.15, 0.2) is 84.0 Å². The number of hydrogen-bond acceptors (Lipinski definition) is 6. The Labute approximate surface area is 239 Å². The molecule has 40 heavy (non-hydrogen) atoms. The summed E-state index contributed by atoms with van der Waals surface area (Å²) in [7, 11) is 0.196. The van der Waals surface area contributed by atoms with Crippen LogP contribution in [0.1, 0.15) is 54.4 Å². The van der Waals surface area contributed by atoms with E-state index in [1.54, 1.807) is 26.4 Å². The van der Waals surface area contributed by atoms with Crippen LogP contribution in [0.5, 0.6) is 0 Å². The molecule has 7 heteroatoms. The minimum atomic E-state index is -3.03. The van der Waals surface area contributed by atoms with E-state index in [-0.39, 0.29) is 16.9 Å². The Kier molecular flexibility index (Phi) is 7.39.